The summed E-state index contributed by atoms with van der Waals surface area (Å²) in [5, 5.41) is 0. The van der Waals surface area contributed by atoms with E-state index < -0.39 is 17.7 Å². The summed E-state index contributed by atoms with van der Waals surface area (Å²) in [6.45, 7) is 5.90. The van der Waals surface area contributed by atoms with E-state index in [-0.39, 0.29) is 17.4 Å². The Bertz CT molecular complexity index is 1000. The second-order valence-corrected chi connectivity index (χ2v) is 7.75. The second-order valence-electron chi connectivity index (χ2n) is 7.75. The summed E-state index contributed by atoms with van der Waals surface area (Å²) >= 11 is 0. The van der Waals surface area contributed by atoms with Gasteiger partial charge in [0, 0.05) is 43.4 Å². The van der Waals surface area contributed by atoms with E-state index in [0.717, 1.165) is 23.1 Å². The molecule has 0 radical (unpaired) electrons. The van der Waals surface area contributed by atoms with Gasteiger partial charge in [0.15, 0.2) is 0 Å². The van der Waals surface area contributed by atoms with Crippen molar-refractivity contribution in [3.63, 3.8) is 0 Å². The number of amides is 1. The van der Waals surface area contributed by atoms with Gasteiger partial charge in [0.05, 0.1) is 11.3 Å². The average molecular weight is 432 g/mol. The Morgan fingerprint density at radius 3 is 2.61 bits per heavy atom. The quantitative estimate of drug-likeness (QED) is 0.750. The summed E-state index contributed by atoms with van der Waals surface area (Å²) in [6.07, 6.45) is -0.330. The first-order valence-corrected chi connectivity index (χ1v) is 10.1. The van der Waals surface area contributed by atoms with Crippen LogP contribution in [0.25, 0.3) is 0 Å². The topological polar surface area (TPSA) is 88.2 Å². The number of halogens is 3. The summed E-state index contributed by atoms with van der Waals surface area (Å²) < 4.78 is 40.5. The standard InChI is InChI=1S/C21H23F3N6O/c1-2-18(31)29-7-9-30(10-8-29)20-14-4-3-13(11-16(14)26-12-27-20)19-15(21(22,23)24)5-6-17(25)28-19/h2,5-6,12-13H,1,3-4,7-11H2,(H2,25,28)/t13-/m1/s1. The van der Waals surface area contributed by atoms with Gasteiger partial charge in [0.2, 0.25) is 5.91 Å². The van der Waals surface area contributed by atoms with Crippen LogP contribution in [0, 0.1) is 0 Å². The first kappa shape index (κ1) is 21.1. The molecule has 1 fully saturated rings. The highest BCUT2D eigenvalue weighted by Crippen LogP contribution is 2.40. The van der Waals surface area contributed by atoms with E-state index >= 15 is 0 Å². The van der Waals surface area contributed by atoms with E-state index in [9.17, 15) is 18.0 Å². The SMILES string of the molecule is C=CC(=O)N1CCN(c2ncnc3c2CC[C@@H](c2nc(N)ccc2C(F)(F)F)C3)CC1. The average Bonchev–Trinajstić information content (AvgIpc) is 2.77. The Kier molecular flexibility index (Phi) is 5.55. The zero-order valence-corrected chi connectivity index (χ0v) is 16.9. The van der Waals surface area contributed by atoms with Gasteiger partial charge in [-0.2, -0.15) is 13.2 Å². The summed E-state index contributed by atoms with van der Waals surface area (Å²) in [6, 6.07) is 2.18. The third-order valence-electron chi connectivity index (χ3n) is 5.90. The second kappa shape index (κ2) is 8.16. The van der Waals surface area contributed by atoms with Crippen LogP contribution in [0.15, 0.2) is 31.1 Å². The van der Waals surface area contributed by atoms with Crippen LogP contribution in [0.5, 0.6) is 0 Å². The number of carbonyl (C=O) groups is 1. The molecule has 1 aliphatic carbocycles. The maximum Gasteiger partial charge on any atom is 0.418 e. The summed E-state index contributed by atoms with van der Waals surface area (Å²) in [7, 11) is 0. The van der Waals surface area contributed by atoms with Gasteiger partial charge in [0.25, 0.3) is 0 Å². The molecule has 0 bridgehead atoms. The summed E-state index contributed by atoms with van der Waals surface area (Å²) in [4.78, 5) is 28.5. The van der Waals surface area contributed by atoms with Crippen molar-refractivity contribution in [1.82, 2.24) is 19.9 Å². The van der Waals surface area contributed by atoms with Crippen LogP contribution in [0.1, 0.15) is 34.9 Å². The van der Waals surface area contributed by atoms with Gasteiger partial charge in [0.1, 0.15) is 18.0 Å². The van der Waals surface area contributed by atoms with Crippen molar-refractivity contribution >= 4 is 17.5 Å². The van der Waals surface area contributed by atoms with Crippen molar-refractivity contribution in [2.24, 2.45) is 0 Å². The van der Waals surface area contributed by atoms with Gasteiger partial charge in [-0.3, -0.25) is 4.79 Å². The minimum absolute atomic E-state index is 0.0186. The highest BCUT2D eigenvalue weighted by atomic mass is 19.4. The van der Waals surface area contributed by atoms with Crippen molar-refractivity contribution in [1.29, 1.82) is 0 Å². The van der Waals surface area contributed by atoms with Crippen molar-refractivity contribution in [2.45, 2.75) is 31.4 Å². The fourth-order valence-corrected chi connectivity index (χ4v) is 4.34. The normalized spacial score (nSPS) is 19.1. The molecule has 7 nitrogen and oxygen atoms in total. The summed E-state index contributed by atoms with van der Waals surface area (Å²) in [5.41, 5.74) is 6.63. The lowest BCUT2D eigenvalue weighted by atomic mass is 9.83. The zero-order valence-electron chi connectivity index (χ0n) is 16.9. The maximum absolute atomic E-state index is 13.5. The number of hydrogen-bond acceptors (Lipinski definition) is 6. The van der Waals surface area contributed by atoms with E-state index in [0.29, 0.717) is 45.4 Å². The number of nitrogens with zero attached hydrogens (tertiary/aromatic N) is 5. The molecule has 31 heavy (non-hydrogen) atoms. The number of hydrogen-bond donors (Lipinski definition) is 1. The molecule has 2 aromatic rings. The van der Waals surface area contributed by atoms with E-state index in [4.69, 9.17) is 5.73 Å². The van der Waals surface area contributed by atoms with Crippen molar-refractivity contribution in [2.75, 3.05) is 36.8 Å². The Balaban J connectivity index is 1.57. The molecular weight excluding hydrogens is 409 g/mol. The van der Waals surface area contributed by atoms with Crippen LogP contribution in [0.4, 0.5) is 24.8 Å². The van der Waals surface area contributed by atoms with Crippen molar-refractivity contribution < 1.29 is 18.0 Å². The molecule has 1 saturated heterocycles. The van der Waals surface area contributed by atoms with E-state index in [2.05, 4.69) is 26.4 Å². The molecule has 2 N–H and O–H groups in total. The number of piperazine rings is 1. The Morgan fingerprint density at radius 2 is 1.94 bits per heavy atom. The van der Waals surface area contributed by atoms with Crippen molar-refractivity contribution in [3.05, 3.63) is 53.6 Å². The van der Waals surface area contributed by atoms with Crippen molar-refractivity contribution in [3.8, 4) is 0 Å². The summed E-state index contributed by atoms with van der Waals surface area (Å²) in [5.74, 6) is 0.356. The van der Waals surface area contributed by atoms with Crippen LogP contribution in [-0.2, 0) is 23.8 Å². The molecule has 2 aliphatic rings. The molecule has 3 heterocycles. The molecule has 10 heteroatoms. The molecule has 1 aliphatic heterocycles. The first-order chi connectivity index (χ1) is 14.8. The van der Waals surface area contributed by atoms with Gasteiger partial charge in [-0.05, 0) is 37.5 Å². The van der Waals surface area contributed by atoms with Crippen LogP contribution in [0.3, 0.4) is 0 Å². The predicted octanol–water partition coefficient (Wildman–Crippen LogP) is 2.58. The Hall–Kier alpha value is -3.17. The minimum Gasteiger partial charge on any atom is -0.384 e. The largest absolute Gasteiger partial charge is 0.418 e. The minimum atomic E-state index is -4.49. The zero-order chi connectivity index (χ0) is 22.2. The fraction of sp³-hybridized carbons (Fsp3) is 0.429. The Labute approximate surface area is 177 Å². The molecule has 0 aromatic carbocycles. The fourth-order valence-electron chi connectivity index (χ4n) is 4.34. The van der Waals surface area contributed by atoms with Gasteiger partial charge >= 0.3 is 6.18 Å². The predicted molar refractivity (Wildman–Crippen MR) is 109 cm³/mol. The Morgan fingerprint density at radius 1 is 1.19 bits per heavy atom. The van der Waals surface area contributed by atoms with Crippen LogP contribution in [-0.4, -0.2) is 51.9 Å². The number of pyridine rings is 1. The number of carbonyl (C=O) groups excluding carboxylic acids is 1. The smallest absolute Gasteiger partial charge is 0.384 e. The maximum atomic E-state index is 13.5. The van der Waals surface area contributed by atoms with Gasteiger partial charge in [-0.15, -0.1) is 0 Å². The third-order valence-corrected chi connectivity index (χ3v) is 5.90. The van der Waals surface area contributed by atoms with Gasteiger partial charge in [-0.1, -0.05) is 6.58 Å². The molecule has 4 rings (SSSR count). The van der Waals surface area contributed by atoms with Crippen LogP contribution in [0.2, 0.25) is 0 Å². The highest BCUT2D eigenvalue weighted by molar-refractivity contribution is 5.87. The molecule has 164 valence electrons. The first-order valence-electron chi connectivity index (χ1n) is 10.1. The van der Waals surface area contributed by atoms with E-state index in [1.807, 2.05) is 0 Å². The lowest BCUT2D eigenvalue weighted by molar-refractivity contribution is -0.138. The molecule has 1 atom stereocenters. The molecule has 1 amide bonds. The number of fused-ring (bicyclic) bond motifs is 1. The van der Waals surface area contributed by atoms with Gasteiger partial charge in [-0.25, -0.2) is 15.0 Å². The molecule has 0 saturated carbocycles. The monoisotopic (exact) mass is 432 g/mol. The van der Waals surface area contributed by atoms with Crippen LogP contribution < -0.4 is 10.6 Å². The number of rotatable bonds is 3. The number of nitrogens with two attached hydrogens (primary N) is 1. The molecule has 0 spiro atoms. The lowest BCUT2D eigenvalue weighted by Gasteiger charge is -2.37. The van der Waals surface area contributed by atoms with Crippen LogP contribution >= 0.6 is 0 Å². The molecule has 0 unspecified atom stereocenters. The molecule has 2 aromatic heterocycles. The van der Waals surface area contributed by atoms with Gasteiger partial charge < -0.3 is 15.5 Å². The lowest BCUT2D eigenvalue weighted by Crippen LogP contribution is -2.49. The number of alkyl halides is 3. The highest BCUT2D eigenvalue weighted by Gasteiger charge is 2.38. The number of anilines is 2. The number of aromatic nitrogens is 3. The molecular formula is C21H23F3N6O. The van der Waals surface area contributed by atoms with E-state index in [1.54, 1.807) is 4.90 Å². The number of nitrogen functional groups attached to an aromatic ring is 1. The third kappa shape index (κ3) is 4.19. The van der Waals surface area contributed by atoms with E-state index in [1.165, 1.54) is 18.5 Å².